The van der Waals surface area contributed by atoms with E-state index < -0.39 is 21.8 Å². The molecule has 0 spiro atoms. The Morgan fingerprint density at radius 3 is 2.62 bits per heavy atom. The van der Waals surface area contributed by atoms with Gasteiger partial charge < -0.3 is 9.84 Å². The molecule has 0 bridgehead atoms. The maximum Gasteiger partial charge on any atom is 0.345 e. The minimum Gasteiger partial charge on any atom is -0.463 e. The van der Waals surface area contributed by atoms with Crippen LogP contribution in [0, 0.1) is 5.41 Å². The minimum atomic E-state index is -1.83. The molecule has 0 amide bonds. The largest absolute Gasteiger partial charge is 0.463 e. The number of carbonyl (C=O) groups excluding carboxylic acids is 1. The lowest BCUT2D eigenvalue weighted by molar-refractivity contribution is -0.171. The SMILES string of the molecule is CCCC[C@@]1(CC)COC(=O)C(Cl)(Cl)[C@H]1O. The van der Waals surface area contributed by atoms with Gasteiger partial charge in [-0.3, -0.25) is 0 Å². The lowest BCUT2D eigenvalue weighted by Gasteiger charge is -2.45. The van der Waals surface area contributed by atoms with Crippen LogP contribution in [0.5, 0.6) is 0 Å². The van der Waals surface area contributed by atoms with Gasteiger partial charge in [0, 0.05) is 5.41 Å². The van der Waals surface area contributed by atoms with E-state index in [0.29, 0.717) is 6.42 Å². The number of cyclic esters (lactones) is 1. The van der Waals surface area contributed by atoms with Gasteiger partial charge in [0.1, 0.15) is 6.10 Å². The van der Waals surface area contributed by atoms with Crippen LogP contribution in [0.4, 0.5) is 0 Å². The Hall–Kier alpha value is 0.01000. The summed E-state index contributed by atoms with van der Waals surface area (Å²) in [4.78, 5) is 11.4. The van der Waals surface area contributed by atoms with Crippen LogP contribution in [0.25, 0.3) is 0 Å². The molecular weight excluding hydrogens is 251 g/mol. The first-order valence-corrected chi connectivity index (χ1v) is 6.39. The standard InChI is InChI=1S/C11H18Cl2O3/c1-3-5-6-10(4-2)7-16-9(15)11(12,13)8(10)14/h8,14H,3-7H2,1-2H3/t8-,10-/m0/s1. The quantitative estimate of drug-likeness (QED) is 0.630. The Bertz CT molecular complexity index is 268. The van der Waals surface area contributed by atoms with Crippen LogP contribution in [-0.2, 0) is 9.53 Å². The third-order valence-electron chi connectivity index (χ3n) is 3.42. The van der Waals surface area contributed by atoms with Crippen LogP contribution in [0.1, 0.15) is 39.5 Å². The molecule has 0 aromatic carbocycles. The summed E-state index contributed by atoms with van der Waals surface area (Å²) in [5.74, 6) is -0.746. The number of hydrogen-bond acceptors (Lipinski definition) is 3. The van der Waals surface area contributed by atoms with Crippen LogP contribution in [0.3, 0.4) is 0 Å². The van der Waals surface area contributed by atoms with E-state index in [1.54, 1.807) is 0 Å². The normalized spacial score (nSPS) is 33.6. The number of carbonyl (C=O) groups is 1. The van der Waals surface area contributed by atoms with E-state index in [-0.39, 0.29) is 6.61 Å². The molecule has 1 aliphatic heterocycles. The van der Waals surface area contributed by atoms with E-state index >= 15 is 0 Å². The van der Waals surface area contributed by atoms with Crippen molar-refractivity contribution in [3.8, 4) is 0 Å². The highest BCUT2D eigenvalue weighted by Gasteiger charge is 2.57. The van der Waals surface area contributed by atoms with Crippen molar-refractivity contribution in [1.82, 2.24) is 0 Å². The van der Waals surface area contributed by atoms with Gasteiger partial charge in [-0.2, -0.15) is 0 Å². The predicted molar refractivity (Wildman–Crippen MR) is 63.7 cm³/mol. The van der Waals surface area contributed by atoms with E-state index in [1.165, 1.54) is 0 Å². The second kappa shape index (κ2) is 5.11. The van der Waals surface area contributed by atoms with E-state index in [4.69, 9.17) is 27.9 Å². The average molecular weight is 269 g/mol. The number of aliphatic hydroxyl groups excluding tert-OH is 1. The number of unbranched alkanes of at least 4 members (excludes halogenated alkanes) is 1. The Morgan fingerprint density at radius 2 is 2.12 bits per heavy atom. The van der Waals surface area contributed by atoms with Crippen LogP contribution in [0.2, 0.25) is 0 Å². The molecule has 5 heteroatoms. The molecule has 0 aromatic rings. The fourth-order valence-corrected chi connectivity index (χ4v) is 2.66. The second-order valence-corrected chi connectivity index (χ2v) is 5.81. The maximum atomic E-state index is 11.4. The van der Waals surface area contributed by atoms with Crippen molar-refractivity contribution in [2.24, 2.45) is 5.41 Å². The first-order chi connectivity index (χ1) is 7.40. The molecule has 16 heavy (non-hydrogen) atoms. The number of rotatable bonds is 4. The summed E-state index contributed by atoms with van der Waals surface area (Å²) < 4.78 is 3.17. The molecule has 1 fully saturated rings. The molecule has 0 aromatic heterocycles. The van der Waals surface area contributed by atoms with Crippen molar-refractivity contribution in [2.45, 2.75) is 50.0 Å². The van der Waals surface area contributed by atoms with E-state index in [1.807, 2.05) is 6.92 Å². The third kappa shape index (κ3) is 2.31. The van der Waals surface area contributed by atoms with Gasteiger partial charge >= 0.3 is 5.97 Å². The van der Waals surface area contributed by atoms with Gasteiger partial charge in [0.2, 0.25) is 4.33 Å². The van der Waals surface area contributed by atoms with Crippen LogP contribution in [0.15, 0.2) is 0 Å². The smallest absolute Gasteiger partial charge is 0.345 e. The van der Waals surface area contributed by atoms with Gasteiger partial charge in [0.25, 0.3) is 0 Å². The van der Waals surface area contributed by atoms with Gasteiger partial charge in [-0.25, -0.2) is 4.79 Å². The molecule has 3 nitrogen and oxygen atoms in total. The van der Waals surface area contributed by atoms with Crippen molar-refractivity contribution >= 4 is 29.2 Å². The van der Waals surface area contributed by atoms with Gasteiger partial charge in [-0.1, -0.05) is 49.9 Å². The second-order valence-electron chi connectivity index (χ2n) is 4.42. The molecule has 0 aliphatic carbocycles. The summed E-state index contributed by atoms with van der Waals surface area (Å²) in [6.45, 7) is 4.21. The van der Waals surface area contributed by atoms with Gasteiger partial charge in [0.15, 0.2) is 0 Å². The molecular formula is C11H18Cl2O3. The molecule has 1 N–H and O–H groups in total. The molecule has 0 unspecified atom stereocenters. The number of ether oxygens (including phenoxy) is 1. The lowest BCUT2D eigenvalue weighted by Crippen LogP contribution is -2.57. The summed E-state index contributed by atoms with van der Waals surface area (Å²) in [5.41, 5.74) is -0.507. The minimum absolute atomic E-state index is 0.199. The molecule has 1 heterocycles. The average Bonchev–Trinajstić information content (AvgIpc) is 2.27. The number of alkyl halides is 2. The van der Waals surface area contributed by atoms with Crippen LogP contribution < -0.4 is 0 Å². The highest BCUT2D eigenvalue weighted by Crippen LogP contribution is 2.46. The van der Waals surface area contributed by atoms with E-state index in [2.05, 4.69) is 6.92 Å². The highest BCUT2D eigenvalue weighted by atomic mass is 35.5. The topological polar surface area (TPSA) is 46.5 Å². The number of aliphatic hydroxyl groups is 1. The Labute approximate surface area is 106 Å². The van der Waals surface area contributed by atoms with Crippen molar-refractivity contribution < 1.29 is 14.6 Å². The van der Waals surface area contributed by atoms with Gasteiger partial charge in [0.05, 0.1) is 6.61 Å². The zero-order valence-corrected chi connectivity index (χ0v) is 11.1. The fourth-order valence-electron chi connectivity index (χ4n) is 2.09. The van der Waals surface area contributed by atoms with Crippen molar-refractivity contribution in [2.75, 3.05) is 6.61 Å². The van der Waals surface area contributed by atoms with E-state index in [9.17, 15) is 9.90 Å². The van der Waals surface area contributed by atoms with Crippen LogP contribution in [-0.4, -0.2) is 28.1 Å². The Morgan fingerprint density at radius 1 is 1.50 bits per heavy atom. The van der Waals surface area contributed by atoms with Crippen LogP contribution >= 0.6 is 23.2 Å². The maximum absolute atomic E-state index is 11.4. The Kier molecular flexibility index (Phi) is 4.49. The molecule has 0 saturated carbocycles. The molecule has 94 valence electrons. The predicted octanol–water partition coefficient (Wildman–Crippen LogP) is 2.66. The Balaban J connectivity index is 2.90. The number of esters is 1. The van der Waals surface area contributed by atoms with E-state index in [0.717, 1.165) is 19.3 Å². The lowest BCUT2D eigenvalue weighted by atomic mass is 9.73. The molecule has 0 radical (unpaired) electrons. The van der Waals surface area contributed by atoms with Gasteiger partial charge in [-0.15, -0.1) is 0 Å². The summed E-state index contributed by atoms with van der Waals surface area (Å²) in [6, 6.07) is 0. The highest BCUT2D eigenvalue weighted by molar-refractivity contribution is 6.58. The van der Waals surface area contributed by atoms with Crippen molar-refractivity contribution in [1.29, 1.82) is 0 Å². The zero-order valence-electron chi connectivity index (χ0n) is 9.63. The number of halogens is 2. The molecule has 1 saturated heterocycles. The fraction of sp³-hybridized carbons (Fsp3) is 0.909. The summed E-state index contributed by atoms with van der Waals surface area (Å²) >= 11 is 11.7. The summed E-state index contributed by atoms with van der Waals surface area (Å²) in [5, 5.41) is 10.2. The molecule has 1 rings (SSSR count). The zero-order chi connectivity index (χ0) is 12.4. The first-order valence-electron chi connectivity index (χ1n) is 5.64. The molecule has 2 atom stereocenters. The molecule has 1 aliphatic rings. The third-order valence-corrected chi connectivity index (χ3v) is 4.14. The number of hydrogen-bond donors (Lipinski definition) is 1. The van der Waals surface area contributed by atoms with Crippen molar-refractivity contribution in [3.05, 3.63) is 0 Å². The monoisotopic (exact) mass is 268 g/mol. The summed E-state index contributed by atoms with van der Waals surface area (Å²) in [6.07, 6.45) is 2.34. The first kappa shape index (κ1) is 14.1. The van der Waals surface area contributed by atoms with Crippen molar-refractivity contribution in [3.63, 3.8) is 0 Å². The summed E-state index contributed by atoms with van der Waals surface area (Å²) in [7, 11) is 0. The van der Waals surface area contributed by atoms with Gasteiger partial charge in [-0.05, 0) is 12.8 Å².